The Balaban J connectivity index is 2.25. The SMILES string of the molecule is CCCNC(Cc1c(Cl)c(C)nn1C)c1ncc(C)cn1. The fourth-order valence-electron chi connectivity index (χ4n) is 2.25. The summed E-state index contributed by atoms with van der Waals surface area (Å²) >= 11 is 6.35. The third-order valence-electron chi connectivity index (χ3n) is 3.41. The summed E-state index contributed by atoms with van der Waals surface area (Å²) in [6.45, 7) is 6.96. The molecule has 0 radical (unpaired) electrons. The molecule has 2 rings (SSSR count). The maximum Gasteiger partial charge on any atom is 0.145 e. The molecule has 0 aliphatic rings. The van der Waals surface area contributed by atoms with Gasteiger partial charge in [0.05, 0.1) is 22.5 Å². The quantitative estimate of drug-likeness (QED) is 0.891. The van der Waals surface area contributed by atoms with Crippen LogP contribution < -0.4 is 5.32 Å². The Labute approximate surface area is 130 Å². The first-order valence-electron chi connectivity index (χ1n) is 7.22. The maximum absolute atomic E-state index is 6.35. The van der Waals surface area contributed by atoms with Crippen LogP contribution in [-0.4, -0.2) is 26.3 Å². The third-order valence-corrected chi connectivity index (χ3v) is 3.90. The Kier molecular flexibility index (Phi) is 5.31. The Bertz CT molecular complexity index is 591. The summed E-state index contributed by atoms with van der Waals surface area (Å²) in [6.07, 6.45) is 5.47. The lowest BCUT2D eigenvalue weighted by atomic mass is 10.1. The minimum Gasteiger partial charge on any atom is -0.307 e. The third kappa shape index (κ3) is 3.80. The number of aryl methyl sites for hydroxylation is 3. The van der Waals surface area contributed by atoms with Crippen molar-refractivity contribution in [1.82, 2.24) is 25.1 Å². The second-order valence-corrected chi connectivity index (χ2v) is 5.68. The molecule has 0 fully saturated rings. The van der Waals surface area contributed by atoms with Gasteiger partial charge in [-0.3, -0.25) is 4.68 Å². The van der Waals surface area contributed by atoms with E-state index in [9.17, 15) is 0 Å². The van der Waals surface area contributed by atoms with Gasteiger partial charge in [0.2, 0.25) is 0 Å². The van der Waals surface area contributed by atoms with Gasteiger partial charge >= 0.3 is 0 Å². The van der Waals surface area contributed by atoms with Crippen molar-refractivity contribution in [1.29, 1.82) is 0 Å². The predicted octanol–water partition coefficient (Wildman–Crippen LogP) is 2.76. The number of hydrogen-bond acceptors (Lipinski definition) is 4. The zero-order valence-electron chi connectivity index (χ0n) is 13.0. The summed E-state index contributed by atoms with van der Waals surface area (Å²) in [5.41, 5.74) is 2.92. The first-order valence-corrected chi connectivity index (χ1v) is 7.60. The van der Waals surface area contributed by atoms with Gasteiger partial charge < -0.3 is 5.32 Å². The minimum atomic E-state index is 0.0397. The largest absolute Gasteiger partial charge is 0.307 e. The van der Waals surface area contributed by atoms with E-state index < -0.39 is 0 Å². The van der Waals surface area contributed by atoms with Gasteiger partial charge in [-0.25, -0.2) is 9.97 Å². The van der Waals surface area contributed by atoms with Crippen molar-refractivity contribution in [3.8, 4) is 0 Å². The van der Waals surface area contributed by atoms with Crippen molar-refractivity contribution in [2.24, 2.45) is 7.05 Å². The van der Waals surface area contributed by atoms with Gasteiger partial charge in [-0.05, 0) is 32.4 Å². The molecule has 1 unspecified atom stereocenters. The molecule has 0 aliphatic carbocycles. The van der Waals surface area contributed by atoms with Crippen molar-refractivity contribution in [2.45, 2.75) is 39.7 Å². The number of aromatic nitrogens is 4. The van der Waals surface area contributed by atoms with E-state index in [-0.39, 0.29) is 6.04 Å². The highest BCUT2D eigenvalue weighted by molar-refractivity contribution is 6.31. The molecule has 2 aromatic heterocycles. The lowest BCUT2D eigenvalue weighted by Gasteiger charge is -2.17. The Morgan fingerprint density at radius 2 is 1.95 bits per heavy atom. The van der Waals surface area contributed by atoms with Crippen molar-refractivity contribution < 1.29 is 0 Å². The highest BCUT2D eigenvalue weighted by Crippen LogP contribution is 2.24. The molecule has 6 heteroatoms. The lowest BCUT2D eigenvalue weighted by Crippen LogP contribution is -2.26. The van der Waals surface area contributed by atoms with Crippen LogP contribution in [0.5, 0.6) is 0 Å². The summed E-state index contributed by atoms with van der Waals surface area (Å²) in [4.78, 5) is 8.89. The molecular weight excluding hydrogens is 286 g/mol. The van der Waals surface area contributed by atoms with Crippen LogP contribution in [0.2, 0.25) is 5.02 Å². The molecular formula is C15H22ClN5. The van der Waals surface area contributed by atoms with Gasteiger partial charge in [-0.2, -0.15) is 5.10 Å². The fourth-order valence-corrected chi connectivity index (χ4v) is 2.49. The predicted molar refractivity (Wildman–Crippen MR) is 84.5 cm³/mol. The smallest absolute Gasteiger partial charge is 0.145 e. The summed E-state index contributed by atoms with van der Waals surface area (Å²) in [7, 11) is 1.92. The summed E-state index contributed by atoms with van der Waals surface area (Å²) in [5.74, 6) is 0.795. The van der Waals surface area contributed by atoms with E-state index in [2.05, 4.69) is 27.3 Å². The molecule has 114 valence electrons. The van der Waals surface area contributed by atoms with E-state index in [0.717, 1.165) is 47.2 Å². The van der Waals surface area contributed by atoms with E-state index >= 15 is 0 Å². The van der Waals surface area contributed by atoms with Crippen LogP contribution in [0.15, 0.2) is 12.4 Å². The average molecular weight is 308 g/mol. The van der Waals surface area contributed by atoms with Crippen LogP contribution in [0, 0.1) is 13.8 Å². The highest BCUT2D eigenvalue weighted by atomic mass is 35.5. The lowest BCUT2D eigenvalue weighted by molar-refractivity contribution is 0.489. The van der Waals surface area contributed by atoms with Gasteiger partial charge in [0.1, 0.15) is 5.82 Å². The topological polar surface area (TPSA) is 55.6 Å². The molecule has 0 amide bonds. The minimum absolute atomic E-state index is 0.0397. The Morgan fingerprint density at radius 1 is 1.29 bits per heavy atom. The van der Waals surface area contributed by atoms with Crippen molar-refractivity contribution >= 4 is 11.6 Å². The average Bonchev–Trinajstić information content (AvgIpc) is 2.70. The summed E-state index contributed by atoms with van der Waals surface area (Å²) in [5, 5.41) is 8.59. The molecule has 1 N–H and O–H groups in total. The molecule has 0 bridgehead atoms. The second-order valence-electron chi connectivity index (χ2n) is 5.30. The van der Waals surface area contributed by atoms with Crippen LogP contribution in [-0.2, 0) is 13.5 Å². The van der Waals surface area contributed by atoms with E-state index in [4.69, 9.17) is 11.6 Å². The van der Waals surface area contributed by atoms with Gasteiger partial charge in [0.25, 0.3) is 0 Å². The Hall–Kier alpha value is -1.46. The number of rotatable bonds is 6. The van der Waals surface area contributed by atoms with E-state index in [1.807, 2.05) is 38.0 Å². The van der Waals surface area contributed by atoms with Gasteiger partial charge in [0.15, 0.2) is 0 Å². The molecule has 21 heavy (non-hydrogen) atoms. The molecule has 0 saturated heterocycles. The molecule has 0 aliphatic heterocycles. The summed E-state index contributed by atoms with van der Waals surface area (Å²) < 4.78 is 1.84. The van der Waals surface area contributed by atoms with Crippen molar-refractivity contribution in [3.63, 3.8) is 0 Å². The zero-order chi connectivity index (χ0) is 15.4. The van der Waals surface area contributed by atoms with Crippen LogP contribution in [0.1, 0.15) is 42.2 Å². The molecule has 0 spiro atoms. The first-order chi connectivity index (χ1) is 10.0. The number of nitrogens with one attached hydrogen (secondary N) is 1. The molecule has 2 aromatic rings. The van der Waals surface area contributed by atoms with Crippen LogP contribution in [0.25, 0.3) is 0 Å². The first kappa shape index (κ1) is 15.9. The monoisotopic (exact) mass is 307 g/mol. The fraction of sp³-hybridized carbons (Fsp3) is 0.533. The van der Waals surface area contributed by atoms with Gasteiger partial charge in [-0.15, -0.1) is 0 Å². The van der Waals surface area contributed by atoms with E-state index in [0.29, 0.717) is 0 Å². The number of halogens is 1. The number of nitrogens with zero attached hydrogens (tertiary/aromatic N) is 4. The maximum atomic E-state index is 6.35. The van der Waals surface area contributed by atoms with Gasteiger partial charge in [-0.1, -0.05) is 18.5 Å². The summed E-state index contributed by atoms with van der Waals surface area (Å²) in [6, 6.07) is 0.0397. The van der Waals surface area contributed by atoms with Crippen LogP contribution >= 0.6 is 11.6 Å². The molecule has 0 aromatic carbocycles. The van der Waals surface area contributed by atoms with Crippen molar-refractivity contribution in [2.75, 3.05) is 6.54 Å². The van der Waals surface area contributed by atoms with Crippen LogP contribution in [0.4, 0.5) is 0 Å². The zero-order valence-corrected chi connectivity index (χ0v) is 13.8. The Morgan fingerprint density at radius 3 is 2.48 bits per heavy atom. The molecule has 0 saturated carbocycles. The van der Waals surface area contributed by atoms with Crippen LogP contribution in [0.3, 0.4) is 0 Å². The molecule has 5 nitrogen and oxygen atoms in total. The molecule has 1 atom stereocenters. The second kappa shape index (κ2) is 7.00. The van der Waals surface area contributed by atoms with E-state index in [1.54, 1.807) is 0 Å². The van der Waals surface area contributed by atoms with E-state index in [1.165, 1.54) is 0 Å². The number of hydrogen-bond donors (Lipinski definition) is 1. The highest BCUT2D eigenvalue weighted by Gasteiger charge is 2.20. The normalized spacial score (nSPS) is 12.6. The standard InChI is InChI=1S/C15H22ClN5/c1-5-6-17-12(15-18-8-10(2)9-19-15)7-13-14(16)11(3)20-21(13)4/h8-9,12,17H,5-7H2,1-4H3. The van der Waals surface area contributed by atoms with Gasteiger partial charge in [0, 0.05) is 25.9 Å². The van der Waals surface area contributed by atoms with Crippen molar-refractivity contribution in [3.05, 3.63) is 40.2 Å². The molecule has 2 heterocycles.